The third kappa shape index (κ3) is 1.65. The molecule has 0 saturated carbocycles. The third-order valence-electron chi connectivity index (χ3n) is 2.78. The highest BCUT2D eigenvalue weighted by Gasteiger charge is 2.19. The molecule has 1 N–H and O–H groups in total. The fourth-order valence-electron chi connectivity index (χ4n) is 1.99. The SMILES string of the molecule is CCC1CNCc2c(Br)cccc21. The van der Waals surface area contributed by atoms with Crippen LogP contribution in [-0.2, 0) is 6.54 Å². The molecule has 0 fully saturated rings. The number of hydrogen-bond acceptors (Lipinski definition) is 1. The molecule has 1 aromatic carbocycles. The van der Waals surface area contributed by atoms with Gasteiger partial charge in [0.2, 0.25) is 0 Å². The van der Waals surface area contributed by atoms with Gasteiger partial charge in [0.1, 0.15) is 0 Å². The molecule has 1 atom stereocenters. The Morgan fingerprint density at radius 2 is 2.38 bits per heavy atom. The van der Waals surface area contributed by atoms with Crippen LogP contribution in [0.2, 0.25) is 0 Å². The maximum Gasteiger partial charge on any atom is 0.0223 e. The molecular weight excluding hydrogens is 226 g/mol. The molecule has 1 heterocycles. The molecule has 0 radical (unpaired) electrons. The van der Waals surface area contributed by atoms with Gasteiger partial charge >= 0.3 is 0 Å². The van der Waals surface area contributed by atoms with Gasteiger partial charge in [0, 0.05) is 17.6 Å². The quantitative estimate of drug-likeness (QED) is 0.795. The van der Waals surface area contributed by atoms with E-state index >= 15 is 0 Å². The van der Waals surface area contributed by atoms with Crippen molar-refractivity contribution in [2.24, 2.45) is 0 Å². The Balaban J connectivity index is 2.45. The topological polar surface area (TPSA) is 12.0 Å². The number of hydrogen-bond donors (Lipinski definition) is 1. The lowest BCUT2D eigenvalue weighted by Gasteiger charge is -2.26. The second-order valence-electron chi connectivity index (χ2n) is 3.54. The van der Waals surface area contributed by atoms with Crippen molar-refractivity contribution in [3.05, 3.63) is 33.8 Å². The highest BCUT2D eigenvalue weighted by atomic mass is 79.9. The minimum Gasteiger partial charge on any atom is -0.312 e. The Morgan fingerprint density at radius 1 is 1.54 bits per heavy atom. The molecule has 1 aliphatic heterocycles. The molecule has 2 rings (SSSR count). The molecule has 1 unspecified atom stereocenters. The highest BCUT2D eigenvalue weighted by Crippen LogP contribution is 2.30. The number of halogens is 1. The predicted octanol–water partition coefficient (Wildman–Crippen LogP) is 3.05. The summed E-state index contributed by atoms with van der Waals surface area (Å²) in [5, 5.41) is 3.45. The predicted molar refractivity (Wildman–Crippen MR) is 58.9 cm³/mol. The zero-order chi connectivity index (χ0) is 9.26. The van der Waals surface area contributed by atoms with Gasteiger partial charge in [0.15, 0.2) is 0 Å². The van der Waals surface area contributed by atoms with Crippen molar-refractivity contribution in [1.29, 1.82) is 0 Å². The van der Waals surface area contributed by atoms with Crippen molar-refractivity contribution in [3.8, 4) is 0 Å². The van der Waals surface area contributed by atoms with Crippen molar-refractivity contribution in [3.63, 3.8) is 0 Å². The van der Waals surface area contributed by atoms with Crippen LogP contribution in [0.25, 0.3) is 0 Å². The van der Waals surface area contributed by atoms with Crippen molar-refractivity contribution in [1.82, 2.24) is 5.32 Å². The summed E-state index contributed by atoms with van der Waals surface area (Å²) in [6.07, 6.45) is 1.22. The van der Waals surface area contributed by atoms with Crippen molar-refractivity contribution >= 4 is 15.9 Å². The standard InChI is InChI=1S/C11H14BrN/c1-2-8-6-13-7-10-9(8)4-3-5-11(10)12/h3-5,8,13H,2,6-7H2,1H3. The van der Waals surface area contributed by atoms with Crippen molar-refractivity contribution < 1.29 is 0 Å². The second-order valence-corrected chi connectivity index (χ2v) is 4.40. The van der Waals surface area contributed by atoms with E-state index in [1.54, 1.807) is 0 Å². The molecule has 2 heteroatoms. The minimum absolute atomic E-state index is 0.696. The average molecular weight is 240 g/mol. The van der Waals surface area contributed by atoms with Gasteiger partial charge in [-0.3, -0.25) is 0 Å². The Hall–Kier alpha value is -0.340. The first-order valence-corrected chi connectivity index (χ1v) is 5.60. The summed E-state index contributed by atoms with van der Waals surface area (Å²) in [6, 6.07) is 6.52. The Morgan fingerprint density at radius 3 is 3.15 bits per heavy atom. The maximum atomic E-state index is 3.60. The molecular formula is C11H14BrN. The second kappa shape index (κ2) is 3.81. The van der Waals surface area contributed by atoms with Gasteiger partial charge in [0.25, 0.3) is 0 Å². The fraction of sp³-hybridized carbons (Fsp3) is 0.455. The largest absolute Gasteiger partial charge is 0.312 e. The van der Waals surface area contributed by atoms with E-state index in [1.165, 1.54) is 22.0 Å². The first-order chi connectivity index (χ1) is 6.33. The zero-order valence-electron chi connectivity index (χ0n) is 7.81. The summed E-state index contributed by atoms with van der Waals surface area (Å²) in [6.45, 7) is 4.38. The molecule has 0 saturated heterocycles. The normalized spacial score (nSPS) is 21.2. The smallest absolute Gasteiger partial charge is 0.0223 e. The summed E-state index contributed by atoms with van der Waals surface area (Å²) in [7, 11) is 0. The van der Waals surface area contributed by atoms with Gasteiger partial charge in [-0.05, 0) is 29.5 Å². The van der Waals surface area contributed by atoms with Crippen LogP contribution in [0.1, 0.15) is 30.4 Å². The monoisotopic (exact) mass is 239 g/mol. The van der Waals surface area contributed by atoms with Crippen LogP contribution in [-0.4, -0.2) is 6.54 Å². The van der Waals surface area contributed by atoms with Gasteiger partial charge in [-0.2, -0.15) is 0 Å². The summed E-state index contributed by atoms with van der Waals surface area (Å²) >= 11 is 3.60. The molecule has 0 bridgehead atoms. The molecule has 0 aromatic heterocycles. The van der Waals surface area contributed by atoms with E-state index in [2.05, 4.69) is 46.4 Å². The first kappa shape index (κ1) is 9.22. The molecule has 0 aliphatic carbocycles. The number of nitrogens with one attached hydrogen (secondary N) is 1. The minimum atomic E-state index is 0.696. The van der Waals surface area contributed by atoms with Crippen LogP contribution in [0, 0.1) is 0 Å². The van der Waals surface area contributed by atoms with Crippen LogP contribution < -0.4 is 5.32 Å². The summed E-state index contributed by atoms with van der Waals surface area (Å²) in [5.74, 6) is 0.696. The van der Waals surface area contributed by atoms with Crippen LogP contribution in [0.3, 0.4) is 0 Å². The summed E-state index contributed by atoms with van der Waals surface area (Å²) < 4.78 is 1.25. The van der Waals surface area contributed by atoms with Gasteiger partial charge in [0.05, 0.1) is 0 Å². The van der Waals surface area contributed by atoms with E-state index in [9.17, 15) is 0 Å². The van der Waals surface area contributed by atoms with E-state index in [0.29, 0.717) is 5.92 Å². The molecule has 1 aliphatic rings. The summed E-state index contributed by atoms with van der Waals surface area (Å²) in [5.41, 5.74) is 2.97. The Labute approximate surface area is 87.7 Å². The fourth-order valence-corrected chi connectivity index (χ4v) is 2.51. The third-order valence-corrected chi connectivity index (χ3v) is 3.52. The van der Waals surface area contributed by atoms with E-state index < -0.39 is 0 Å². The number of rotatable bonds is 1. The summed E-state index contributed by atoms with van der Waals surface area (Å²) in [4.78, 5) is 0. The maximum absolute atomic E-state index is 3.60. The van der Waals surface area contributed by atoms with E-state index in [1.807, 2.05) is 0 Å². The molecule has 1 nitrogen and oxygen atoms in total. The lowest BCUT2D eigenvalue weighted by atomic mass is 9.89. The Kier molecular flexibility index (Phi) is 2.70. The van der Waals surface area contributed by atoms with Crippen LogP contribution in [0.4, 0.5) is 0 Å². The zero-order valence-corrected chi connectivity index (χ0v) is 9.39. The number of benzene rings is 1. The van der Waals surface area contributed by atoms with Crippen molar-refractivity contribution in [2.45, 2.75) is 25.8 Å². The van der Waals surface area contributed by atoms with Crippen LogP contribution >= 0.6 is 15.9 Å². The van der Waals surface area contributed by atoms with E-state index in [-0.39, 0.29) is 0 Å². The highest BCUT2D eigenvalue weighted by molar-refractivity contribution is 9.10. The molecule has 70 valence electrons. The van der Waals surface area contributed by atoms with Gasteiger partial charge < -0.3 is 5.32 Å². The first-order valence-electron chi connectivity index (χ1n) is 4.81. The molecule has 0 amide bonds. The van der Waals surface area contributed by atoms with Crippen LogP contribution in [0.5, 0.6) is 0 Å². The lowest BCUT2D eigenvalue weighted by molar-refractivity contribution is 0.529. The van der Waals surface area contributed by atoms with Gasteiger partial charge in [-0.15, -0.1) is 0 Å². The Bertz CT molecular complexity index is 309. The molecule has 13 heavy (non-hydrogen) atoms. The van der Waals surface area contributed by atoms with Crippen LogP contribution in [0.15, 0.2) is 22.7 Å². The van der Waals surface area contributed by atoms with E-state index in [0.717, 1.165) is 13.1 Å². The molecule has 0 spiro atoms. The van der Waals surface area contributed by atoms with E-state index in [4.69, 9.17) is 0 Å². The average Bonchev–Trinajstić information content (AvgIpc) is 2.18. The van der Waals surface area contributed by atoms with Gasteiger partial charge in [-0.25, -0.2) is 0 Å². The lowest BCUT2D eigenvalue weighted by Crippen LogP contribution is -2.28. The molecule has 1 aromatic rings. The van der Waals surface area contributed by atoms with Gasteiger partial charge in [-0.1, -0.05) is 35.0 Å². The van der Waals surface area contributed by atoms with Crippen molar-refractivity contribution in [2.75, 3.05) is 6.54 Å². The number of fused-ring (bicyclic) bond motifs is 1.